The molecule has 4 heteroatoms. The number of nitrogens with zero attached hydrogens (tertiary/aromatic N) is 1. The highest BCUT2D eigenvalue weighted by Crippen LogP contribution is 2.39. The van der Waals surface area contributed by atoms with Crippen LogP contribution in [-0.4, -0.2) is 53.8 Å². The second-order valence-electron chi connectivity index (χ2n) is 6.19. The summed E-state index contributed by atoms with van der Waals surface area (Å²) in [4.78, 5) is 2.65. The average molecular weight is 270 g/mol. The van der Waals surface area contributed by atoms with Crippen LogP contribution in [0.15, 0.2) is 0 Å². The van der Waals surface area contributed by atoms with Gasteiger partial charge in [0, 0.05) is 25.2 Å². The maximum atomic E-state index is 6.18. The third kappa shape index (κ3) is 2.87. The molecule has 0 aliphatic carbocycles. The Labute approximate surface area is 115 Å². The molecule has 2 atom stereocenters. The van der Waals surface area contributed by atoms with Gasteiger partial charge in [-0.25, -0.2) is 0 Å². The number of nitrogens with two attached hydrogens (primary N) is 1. The van der Waals surface area contributed by atoms with Crippen molar-refractivity contribution in [1.82, 2.24) is 4.90 Å². The Morgan fingerprint density at radius 3 is 2.83 bits per heavy atom. The van der Waals surface area contributed by atoms with Crippen molar-refractivity contribution in [3.8, 4) is 0 Å². The fourth-order valence-corrected chi connectivity index (χ4v) is 5.01. The molecule has 3 fully saturated rings. The summed E-state index contributed by atoms with van der Waals surface area (Å²) < 4.78 is 6.18. The number of likely N-dealkylation sites (tertiary alicyclic amines) is 1. The molecule has 3 saturated heterocycles. The van der Waals surface area contributed by atoms with Crippen LogP contribution in [0.1, 0.15) is 38.5 Å². The van der Waals surface area contributed by atoms with E-state index in [0.29, 0.717) is 6.04 Å². The molecule has 3 nitrogen and oxygen atoms in total. The fraction of sp³-hybridized carbons (Fsp3) is 1.00. The van der Waals surface area contributed by atoms with E-state index in [1.807, 2.05) is 0 Å². The number of piperidine rings is 1. The molecular weight excluding hydrogens is 244 g/mol. The van der Waals surface area contributed by atoms with Gasteiger partial charge in [-0.15, -0.1) is 0 Å². The molecule has 104 valence electrons. The molecule has 0 aromatic rings. The quantitative estimate of drug-likeness (QED) is 0.789. The molecule has 2 unspecified atom stereocenters. The van der Waals surface area contributed by atoms with Gasteiger partial charge in [0.25, 0.3) is 0 Å². The smallest absolute Gasteiger partial charge is 0.0713 e. The van der Waals surface area contributed by atoms with Crippen LogP contribution in [0.3, 0.4) is 0 Å². The summed E-state index contributed by atoms with van der Waals surface area (Å²) in [5.41, 5.74) is 6.34. The van der Waals surface area contributed by atoms with E-state index in [1.165, 1.54) is 56.6 Å². The molecule has 0 saturated carbocycles. The summed E-state index contributed by atoms with van der Waals surface area (Å²) in [5.74, 6) is 2.57. The van der Waals surface area contributed by atoms with Crippen molar-refractivity contribution in [1.29, 1.82) is 0 Å². The molecule has 3 aliphatic rings. The number of hydrogen-bond acceptors (Lipinski definition) is 4. The third-order valence-electron chi connectivity index (χ3n) is 4.88. The van der Waals surface area contributed by atoms with Crippen LogP contribution in [0, 0.1) is 0 Å². The summed E-state index contributed by atoms with van der Waals surface area (Å²) in [6.45, 7) is 3.32. The molecule has 0 aromatic carbocycles. The van der Waals surface area contributed by atoms with E-state index < -0.39 is 0 Å². The molecule has 0 amide bonds. The fourth-order valence-electron chi connectivity index (χ4n) is 3.78. The average Bonchev–Trinajstić information content (AvgIpc) is 2.40. The number of hydrogen-bond donors (Lipinski definition) is 1. The molecule has 3 heterocycles. The minimum absolute atomic E-state index is 0.218. The highest BCUT2D eigenvalue weighted by Gasteiger charge is 2.40. The molecule has 0 aromatic heterocycles. The number of ether oxygens (including phenoxy) is 1. The number of rotatable bonds is 1. The first-order valence-corrected chi connectivity index (χ1v) is 8.64. The van der Waals surface area contributed by atoms with E-state index in [9.17, 15) is 0 Å². The molecule has 2 N–H and O–H groups in total. The van der Waals surface area contributed by atoms with E-state index in [0.717, 1.165) is 19.2 Å². The zero-order valence-electron chi connectivity index (χ0n) is 11.3. The zero-order chi connectivity index (χ0) is 12.4. The van der Waals surface area contributed by atoms with Gasteiger partial charge in [0.05, 0.1) is 5.60 Å². The lowest BCUT2D eigenvalue weighted by atomic mass is 9.84. The predicted molar refractivity (Wildman–Crippen MR) is 77.0 cm³/mol. The highest BCUT2D eigenvalue weighted by atomic mass is 32.2. The largest absolute Gasteiger partial charge is 0.375 e. The second kappa shape index (κ2) is 5.70. The molecule has 1 spiro atoms. The van der Waals surface area contributed by atoms with Gasteiger partial charge in [-0.2, -0.15) is 11.8 Å². The normalized spacial score (nSPS) is 37.8. The van der Waals surface area contributed by atoms with Gasteiger partial charge in [-0.1, -0.05) is 0 Å². The first kappa shape index (κ1) is 13.2. The van der Waals surface area contributed by atoms with E-state index in [1.54, 1.807) is 0 Å². The van der Waals surface area contributed by atoms with Crippen molar-refractivity contribution in [2.24, 2.45) is 5.73 Å². The van der Waals surface area contributed by atoms with Crippen molar-refractivity contribution >= 4 is 11.8 Å². The van der Waals surface area contributed by atoms with Gasteiger partial charge in [0.15, 0.2) is 0 Å². The van der Waals surface area contributed by atoms with Gasteiger partial charge in [-0.05, 0) is 56.6 Å². The van der Waals surface area contributed by atoms with Crippen LogP contribution in [0.5, 0.6) is 0 Å². The van der Waals surface area contributed by atoms with Gasteiger partial charge in [-0.3, -0.25) is 4.90 Å². The summed E-state index contributed by atoms with van der Waals surface area (Å²) in [6, 6.07) is 1.13. The van der Waals surface area contributed by atoms with Crippen LogP contribution in [-0.2, 0) is 4.74 Å². The van der Waals surface area contributed by atoms with Crippen molar-refractivity contribution < 1.29 is 4.74 Å². The second-order valence-corrected chi connectivity index (χ2v) is 7.41. The van der Waals surface area contributed by atoms with Gasteiger partial charge in [0.2, 0.25) is 0 Å². The Bertz CT molecular complexity index is 275. The maximum absolute atomic E-state index is 6.18. The highest BCUT2D eigenvalue weighted by molar-refractivity contribution is 7.99. The Morgan fingerprint density at radius 2 is 2.06 bits per heavy atom. The van der Waals surface area contributed by atoms with Crippen molar-refractivity contribution in [3.63, 3.8) is 0 Å². The van der Waals surface area contributed by atoms with E-state index in [-0.39, 0.29) is 5.60 Å². The van der Waals surface area contributed by atoms with Gasteiger partial charge in [0.1, 0.15) is 0 Å². The van der Waals surface area contributed by atoms with E-state index in [2.05, 4.69) is 16.7 Å². The van der Waals surface area contributed by atoms with Crippen molar-refractivity contribution in [2.45, 2.75) is 56.2 Å². The molecular formula is C14H26N2OS. The Kier molecular flexibility index (Phi) is 4.18. The molecule has 0 radical (unpaired) electrons. The van der Waals surface area contributed by atoms with E-state index in [4.69, 9.17) is 10.5 Å². The Balaban J connectivity index is 1.62. The third-order valence-corrected chi connectivity index (χ3v) is 5.86. The minimum atomic E-state index is 0.218. The number of thioether (sulfide) groups is 1. The lowest BCUT2D eigenvalue weighted by Gasteiger charge is -2.47. The lowest BCUT2D eigenvalue weighted by Crippen LogP contribution is -2.54. The van der Waals surface area contributed by atoms with Crippen LogP contribution in [0.25, 0.3) is 0 Å². The molecule has 18 heavy (non-hydrogen) atoms. The molecule has 0 bridgehead atoms. The first-order valence-electron chi connectivity index (χ1n) is 7.49. The Morgan fingerprint density at radius 1 is 1.22 bits per heavy atom. The zero-order valence-corrected chi connectivity index (χ0v) is 12.1. The summed E-state index contributed by atoms with van der Waals surface area (Å²) in [6.07, 6.45) is 7.47. The topological polar surface area (TPSA) is 38.5 Å². The summed E-state index contributed by atoms with van der Waals surface area (Å²) in [5, 5.41) is 0. The van der Waals surface area contributed by atoms with Crippen LogP contribution in [0.2, 0.25) is 0 Å². The van der Waals surface area contributed by atoms with Crippen molar-refractivity contribution in [3.05, 3.63) is 0 Å². The summed E-state index contributed by atoms with van der Waals surface area (Å²) in [7, 11) is 0. The minimum Gasteiger partial charge on any atom is -0.375 e. The van der Waals surface area contributed by atoms with E-state index >= 15 is 0 Å². The monoisotopic (exact) mass is 270 g/mol. The van der Waals surface area contributed by atoms with Crippen molar-refractivity contribution in [2.75, 3.05) is 31.2 Å². The standard InChI is InChI=1S/C14H26N2OS/c15-12-2-1-6-16(11-12)13-3-7-17-14(10-13)4-8-18-9-5-14/h12-13H,1-11,15H2. The SMILES string of the molecule is NC1CCCN(C2CCOC3(CCSCC3)C2)C1. The lowest BCUT2D eigenvalue weighted by molar-refractivity contribution is -0.112. The predicted octanol–water partition coefficient (Wildman–Crippen LogP) is 1.85. The van der Waals surface area contributed by atoms with Crippen LogP contribution >= 0.6 is 11.8 Å². The van der Waals surface area contributed by atoms with Crippen LogP contribution < -0.4 is 5.73 Å². The van der Waals surface area contributed by atoms with Gasteiger partial charge < -0.3 is 10.5 Å². The molecule has 3 aliphatic heterocycles. The summed E-state index contributed by atoms with van der Waals surface area (Å²) >= 11 is 2.09. The maximum Gasteiger partial charge on any atom is 0.0713 e. The molecule has 3 rings (SSSR count). The Hall–Kier alpha value is 0.230. The van der Waals surface area contributed by atoms with Crippen LogP contribution in [0.4, 0.5) is 0 Å². The van der Waals surface area contributed by atoms with Gasteiger partial charge >= 0.3 is 0 Å². The first-order chi connectivity index (χ1) is 8.77.